The quantitative estimate of drug-likeness (QED) is 0.763. The molecule has 0 amide bonds. The van der Waals surface area contributed by atoms with Crippen molar-refractivity contribution in [3.63, 3.8) is 0 Å². The molecule has 1 aliphatic heterocycles. The molecular formula is C13H15FN2. The summed E-state index contributed by atoms with van der Waals surface area (Å²) in [5.74, 6) is -0.276. The summed E-state index contributed by atoms with van der Waals surface area (Å²) in [5.41, 5.74) is 1.55. The molecule has 3 heteroatoms. The molecule has 16 heavy (non-hydrogen) atoms. The van der Waals surface area contributed by atoms with Gasteiger partial charge in [-0.15, -0.1) is 0 Å². The van der Waals surface area contributed by atoms with Gasteiger partial charge >= 0.3 is 0 Å². The van der Waals surface area contributed by atoms with E-state index in [-0.39, 0.29) is 12.2 Å². The first-order valence-electron chi connectivity index (χ1n) is 5.71. The lowest BCUT2D eigenvalue weighted by atomic mass is 10.1. The highest BCUT2D eigenvalue weighted by molar-refractivity contribution is 5.49. The zero-order chi connectivity index (χ0) is 11.4. The standard InChI is InChI=1S/C13H15FN2/c14-13-5-4-12(10-11(13)6-7-15)16-8-2-1-3-9-16/h4-5,10H,1-3,6,8-9H2. The topological polar surface area (TPSA) is 27.0 Å². The Morgan fingerprint density at radius 1 is 1.25 bits per heavy atom. The summed E-state index contributed by atoms with van der Waals surface area (Å²) in [5, 5.41) is 8.62. The van der Waals surface area contributed by atoms with Crippen molar-refractivity contribution in [2.45, 2.75) is 25.7 Å². The normalized spacial score (nSPS) is 15.9. The average Bonchev–Trinajstić information content (AvgIpc) is 2.33. The molecular weight excluding hydrogens is 203 g/mol. The smallest absolute Gasteiger partial charge is 0.127 e. The van der Waals surface area contributed by atoms with E-state index in [2.05, 4.69) is 4.90 Å². The van der Waals surface area contributed by atoms with Crippen molar-refractivity contribution in [1.82, 2.24) is 0 Å². The van der Waals surface area contributed by atoms with Crippen LogP contribution in [0.2, 0.25) is 0 Å². The van der Waals surface area contributed by atoms with Crippen molar-refractivity contribution in [2.24, 2.45) is 0 Å². The van der Waals surface area contributed by atoms with E-state index in [9.17, 15) is 4.39 Å². The molecule has 0 aliphatic carbocycles. The molecule has 0 saturated carbocycles. The van der Waals surface area contributed by atoms with Crippen LogP contribution in [0.5, 0.6) is 0 Å². The van der Waals surface area contributed by atoms with Gasteiger partial charge in [-0.05, 0) is 37.5 Å². The average molecular weight is 218 g/mol. The van der Waals surface area contributed by atoms with E-state index in [4.69, 9.17) is 5.26 Å². The molecule has 0 atom stereocenters. The van der Waals surface area contributed by atoms with Gasteiger partial charge < -0.3 is 4.90 Å². The molecule has 0 bridgehead atoms. The van der Waals surface area contributed by atoms with E-state index >= 15 is 0 Å². The summed E-state index contributed by atoms with van der Waals surface area (Å²) >= 11 is 0. The van der Waals surface area contributed by atoms with Crippen molar-refractivity contribution < 1.29 is 4.39 Å². The van der Waals surface area contributed by atoms with Gasteiger partial charge in [-0.2, -0.15) is 5.26 Å². The molecule has 1 fully saturated rings. The Labute approximate surface area is 95.3 Å². The third-order valence-corrected chi connectivity index (χ3v) is 3.02. The Morgan fingerprint density at radius 2 is 2.00 bits per heavy atom. The molecule has 0 N–H and O–H groups in total. The zero-order valence-corrected chi connectivity index (χ0v) is 9.25. The Morgan fingerprint density at radius 3 is 2.69 bits per heavy atom. The Bertz CT molecular complexity index is 403. The minimum atomic E-state index is -0.276. The number of nitriles is 1. The van der Waals surface area contributed by atoms with E-state index in [0.29, 0.717) is 5.56 Å². The monoisotopic (exact) mass is 218 g/mol. The highest BCUT2D eigenvalue weighted by Crippen LogP contribution is 2.22. The van der Waals surface area contributed by atoms with E-state index in [1.807, 2.05) is 18.2 Å². The zero-order valence-electron chi connectivity index (χ0n) is 9.25. The number of piperidine rings is 1. The first-order valence-corrected chi connectivity index (χ1v) is 5.71. The Hall–Kier alpha value is -1.56. The first kappa shape index (κ1) is 10.9. The van der Waals surface area contributed by atoms with Gasteiger partial charge in [0.05, 0.1) is 12.5 Å². The van der Waals surface area contributed by atoms with Crippen LogP contribution in [0.25, 0.3) is 0 Å². The number of halogens is 1. The predicted molar refractivity (Wildman–Crippen MR) is 61.8 cm³/mol. The van der Waals surface area contributed by atoms with Gasteiger partial charge in [-0.3, -0.25) is 0 Å². The van der Waals surface area contributed by atoms with Crippen molar-refractivity contribution in [3.05, 3.63) is 29.6 Å². The Kier molecular flexibility index (Phi) is 3.40. The first-order chi connectivity index (χ1) is 7.81. The lowest BCUT2D eigenvalue weighted by Gasteiger charge is -2.29. The molecule has 0 unspecified atom stereocenters. The molecule has 1 heterocycles. The number of nitrogens with zero attached hydrogens (tertiary/aromatic N) is 2. The lowest BCUT2D eigenvalue weighted by molar-refractivity contribution is 0.575. The van der Waals surface area contributed by atoms with Gasteiger partial charge in [-0.25, -0.2) is 4.39 Å². The van der Waals surface area contributed by atoms with Crippen molar-refractivity contribution in [2.75, 3.05) is 18.0 Å². The highest BCUT2D eigenvalue weighted by atomic mass is 19.1. The summed E-state index contributed by atoms with van der Waals surface area (Å²) in [6.07, 6.45) is 3.83. The second-order valence-corrected chi connectivity index (χ2v) is 4.16. The second-order valence-electron chi connectivity index (χ2n) is 4.16. The van der Waals surface area contributed by atoms with Crippen LogP contribution in [0.4, 0.5) is 10.1 Å². The van der Waals surface area contributed by atoms with Gasteiger partial charge in [0, 0.05) is 24.3 Å². The lowest BCUT2D eigenvalue weighted by Crippen LogP contribution is -2.29. The summed E-state index contributed by atoms with van der Waals surface area (Å²) in [6, 6.07) is 7.08. The minimum Gasteiger partial charge on any atom is -0.372 e. The van der Waals surface area contributed by atoms with Gasteiger partial charge in [-0.1, -0.05) is 0 Å². The molecule has 2 nitrogen and oxygen atoms in total. The number of benzene rings is 1. The fraction of sp³-hybridized carbons (Fsp3) is 0.462. The predicted octanol–water partition coefficient (Wildman–Crippen LogP) is 2.88. The van der Waals surface area contributed by atoms with Gasteiger partial charge in [0.2, 0.25) is 0 Å². The van der Waals surface area contributed by atoms with E-state index in [0.717, 1.165) is 18.8 Å². The molecule has 2 rings (SSSR count). The Balaban J connectivity index is 2.21. The number of hydrogen-bond donors (Lipinski definition) is 0. The van der Waals surface area contributed by atoms with Gasteiger partial charge in [0.1, 0.15) is 5.82 Å². The summed E-state index contributed by atoms with van der Waals surface area (Å²) < 4.78 is 13.4. The van der Waals surface area contributed by atoms with Crippen molar-refractivity contribution in [1.29, 1.82) is 5.26 Å². The van der Waals surface area contributed by atoms with Crippen LogP contribution in [0.1, 0.15) is 24.8 Å². The number of hydrogen-bond acceptors (Lipinski definition) is 2. The molecule has 0 radical (unpaired) electrons. The van der Waals surface area contributed by atoms with Crippen LogP contribution < -0.4 is 4.90 Å². The summed E-state index contributed by atoms with van der Waals surface area (Å²) in [4.78, 5) is 2.27. The van der Waals surface area contributed by atoms with E-state index in [1.165, 1.54) is 25.3 Å². The highest BCUT2D eigenvalue weighted by Gasteiger charge is 2.12. The maximum atomic E-state index is 13.4. The van der Waals surface area contributed by atoms with Crippen LogP contribution in [-0.4, -0.2) is 13.1 Å². The van der Waals surface area contributed by atoms with Crippen LogP contribution >= 0.6 is 0 Å². The van der Waals surface area contributed by atoms with Crippen LogP contribution in [0.15, 0.2) is 18.2 Å². The van der Waals surface area contributed by atoms with Gasteiger partial charge in [0.25, 0.3) is 0 Å². The molecule has 1 saturated heterocycles. The summed E-state index contributed by atoms with van der Waals surface area (Å²) in [6.45, 7) is 2.08. The van der Waals surface area contributed by atoms with Crippen molar-refractivity contribution in [3.8, 4) is 6.07 Å². The minimum absolute atomic E-state index is 0.146. The largest absolute Gasteiger partial charge is 0.372 e. The molecule has 1 aliphatic rings. The van der Waals surface area contributed by atoms with Crippen LogP contribution in [-0.2, 0) is 6.42 Å². The van der Waals surface area contributed by atoms with E-state index < -0.39 is 0 Å². The number of rotatable bonds is 2. The molecule has 0 aromatic heterocycles. The maximum Gasteiger partial charge on any atom is 0.127 e. The van der Waals surface area contributed by atoms with Crippen LogP contribution in [0.3, 0.4) is 0 Å². The molecule has 1 aromatic rings. The second kappa shape index (κ2) is 4.98. The third kappa shape index (κ3) is 2.33. The molecule has 1 aromatic carbocycles. The fourth-order valence-electron chi connectivity index (χ4n) is 2.13. The van der Waals surface area contributed by atoms with Gasteiger partial charge in [0.15, 0.2) is 0 Å². The SMILES string of the molecule is N#CCc1cc(N2CCCCC2)ccc1F. The van der Waals surface area contributed by atoms with E-state index in [1.54, 1.807) is 0 Å². The molecule has 84 valence electrons. The fourth-order valence-corrected chi connectivity index (χ4v) is 2.13. The molecule has 0 spiro atoms. The van der Waals surface area contributed by atoms with Crippen LogP contribution in [0, 0.1) is 17.1 Å². The number of anilines is 1. The maximum absolute atomic E-state index is 13.4. The van der Waals surface area contributed by atoms with Crippen molar-refractivity contribution >= 4 is 5.69 Å². The third-order valence-electron chi connectivity index (χ3n) is 3.02. The summed E-state index contributed by atoms with van der Waals surface area (Å²) in [7, 11) is 0.